The number of carbonyl (C=O) groups is 1. The molecule has 2 aromatic rings. The number of halogens is 1. The summed E-state index contributed by atoms with van der Waals surface area (Å²) in [5.74, 6) is 0.553. The zero-order chi connectivity index (χ0) is 15.4. The summed E-state index contributed by atoms with van der Waals surface area (Å²) in [6.07, 6.45) is 0.724. The Balaban J connectivity index is 1.50. The second kappa shape index (κ2) is 6.47. The van der Waals surface area contributed by atoms with Crippen LogP contribution in [0.1, 0.15) is 5.56 Å². The minimum Gasteiger partial charge on any atom is -0.491 e. The van der Waals surface area contributed by atoms with Crippen molar-refractivity contribution in [1.29, 1.82) is 0 Å². The lowest BCUT2D eigenvalue weighted by atomic mass is 10.0. The summed E-state index contributed by atoms with van der Waals surface area (Å²) in [7, 11) is 0. The largest absolute Gasteiger partial charge is 0.491 e. The standard InChI is InChI=1S/C17H16FNO3/c18-13-5-3-6-15(9-13)21-11-17(20)19-14-8-12-4-1-2-7-16(12)22-10-14/h1-7,9,14H,8,10-11H2,(H,19,20). The summed E-state index contributed by atoms with van der Waals surface area (Å²) in [6.45, 7) is 0.282. The van der Waals surface area contributed by atoms with Crippen molar-refractivity contribution >= 4 is 5.91 Å². The smallest absolute Gasteiger partial charge is 0.258 e. The number of rotatable bonds is 4. The Kier molecular flexibility index (Phi) is 4.23. The van der Waals surface area contributed by atoms with Gasteiger partial charge in [-0.05, 0) is 30.2 Å². The average Bonchev–Trinajstić information content (AvgIpc) is 2.53. The molecular weight excluding hydrogens is 285 g/mol. The van der Waals surface area contributed by atoms with Gasteiger partial charge in [0, 0.05) is 6.07 Å². The molecule has 1 aliphatic heterocycles. The number of amides is 1. The fourth-order valence-electron chi connectivity index (χ4n) is 2.40. The number of ether oxygens (including phenoxy) is 2. The topological polar surface area (TPSA) is 47.6 Å². The van der Waals surface area contributed by atoms with Crippen molar-refractivity contribution in [1.82, 2.24) is 5.32 Å². The molecule has 4 nitrogen and oxygen atoms in total. The highest BCUT2D eigenvalue weighted by atomic mass is 19.1. The fourth-order valence-corrected chi connectivity index (χ4v) is 2.40. The van der Waals surface area contributed by atoms with Crippen LogP contribution in [0, 0.1) is 5.82 Å². The molecule has 114 valence electrons. The van der Waals surface area contributed by atoms with Gasteiger partial charge in [-0.2, -0.15) is 0 Å². The highest BCUT2D eigenvalue weighted by Crippen LogP contribution is 2.23. The van der Waals surface area contributed by atoms with Gasteiger partial charge in [0.15, 0.2) is 6.61 Å². The number of hydrogen-bond donors (Lipinski definition) is 1. The summed E-state index contributed by atoms with van der Waals surface area (Å²) in [6, 6.07) is 13.4. The Bertz CT molecular complexity index is 674. The Morgan fingerprint density at radius 1 is 1.27 bits per heavy atom. The van der Waals surface area contributed by atoms with Crippen LogP contribution in [0.2, 0.25) is 0 Å². The summed E-state index contributed by atoms with van der Waals surface area (Å²) in [5.41, 5.74) is 1.07. The van der Waals surface area contributed by atoms with Gasteiger partial charge in [-0.25, -0.2) is 4.39 Å². The molecule has 1 heterocycles. The maximum atomic E-state index is 13.0. The van der Waals surface area contributed by atoms with E-state index in [0.717, 1.165) is 17.7 Å². The number of carbonyl (C=O) groups excluding carboxylic acids is 1. The molecule has 1 amide bonds. The SMILES string of the molecule is O=C(COc1cccc(F)c1)NC1COc2ccccc2C1. The van der Waals surface area contributed by atoms with Crippen molar-refractivity contribution in [3.63, 3.8) is 0 Å². The number of para-hydroxylation sites is 1. The predicted molar refractivity (Wildman–Crippen MR) is 79.5 cm³/mol. The van der Waals surface area contributed by atoms with E-state index < -0.39 is 5.82 Å². The summed E-state index contributed by atoms with van der Waals surface area (Å²) in [5, 5.41) is 2.86. The Labute approximate surface area is 127 Å². The maximum Gasteiger partial charge on any atom is 0.258 e. The molecule has 1 unspecified atom stereocenters. The minimum atomic E-state index is -0.393. The highest BCUT2D eigenvalue weighted by Gasteiger charge is 2.21. The zero-order valence-corrected chi connectivity index (χ0v) is 11.9. The van der Waals surface area contributed by atoms with Gasteiger partial charge in [-0.15, -0.1) is 0 Å². The quantitative estimate of drug-likeness (QED) is 0.943. The number of hydrogen-bond acceptors (Lipinski definition) is 3. The van der Waals surface area contributed by atoms with Crippen LogP contribution < -0.4 is 14.8 Å². The molecule has 1 atom stereocenters. The van der Waals surface area contributed by atoms with E-state index in [9.17, 15) is 9.18 Å². The second-order valence-electron chi connectivity index (χ2n) is 5.13. The van der Waals surface area contributed by atoms with Gasteiger partial charge in [0.1, 0.15) is 23.9 Å². The van der Waals surface area contributed by atoms with E-state index in [4.69, 9.17) is 9.47 Å². The van der Waals surface area contributed by atoms with Crippen LogP contribution in [0.25, 0.3) is 0 Å². The van der Waals surface area contributed by atoms with Gasteiger partial charge in [0.2, 0.25) is 0 Å². The Morgan fingerprint density at radius 3 is 3.00 bits per heavy atom. The molecule has 5 heteroatoms. The minimum absolute atomic E-state index is 0.0847. The molecule has 1 N–H and O–H groups in total. The molecule has 22 heavy (non-hydrogen) atoms. The average molecular weight is 301 g/mol. The first kappa shape index (κ1) is 14.4. The Morgan fingerprint density at radius 2 is 2.14 bits per heavy atom. The van der Waals surface area contributed by atoms with Gasteiger partial charge in [0.25, 0.3) is 5.91 Å². The zero-order valence-electron chi connectivity index (χ0n) is 11.9. The summed E-state index contributed by atoms with van der Waals surface area (Å²) >= 11 is 0. The molecule has 3 rings (SSSR count). The van der Waals surface area contributed by atoms with Crippen LogP contribution in [-0.2, 0) is 11.2 Å². The maximum absolute atomic E-state index is 13.0. The first-order valence-electron chi connectivity index (χ1n) is 7.09. The van der Waals surface area contributed by atoms with Crippen LogP contribution in [0.15, 0.2) is 48.5 Å². The van der Waals surface area contributed by atoms with Gasteiger partial charge in [0.05, 0.1) is 6.04 Å². The van der Waals surface area contributed by atoms with Crippen LogP contribution in [0.4, 0.5) is 4.39 Å². The molecule has 0 aliphatic carbocycles. The summed E-state index contributed by atoms with van der Waals surface area (Å²) < 4.78 is 23.9. The van der Waals surface area contributed by atoms with Crippen LogP contribution in [0.5, 0.6) is 11.5 Å². The lowest BCUT2D eigenvalue weighted by molar-refractivity contribution is -0.124. The number of benzene rings is 2. The number of fused-ring (bicyclic) bond motifs is 1. The fraction of sp³-hybridized carbons (Fsp3) is 0.235. The molecule has 2 aromatic carbocycles. The predicted octanol–water partition coefficient (Wildman–Crippen LogP) is 2.32. The van der Waals surface area contributed by atoms with Gasteiger partial charge in [-0.1, -0.05) is 24.3 Å². The van der Waals surface area contributed by atoms with Crippen molar-refractivity contribution in [2.75, 3.05) is 13.2 Å². The van der Waals surface area contributed by atoms with Crippen LogP contribution in [0.3, 0.4) is 0 Å². The van der Waals surface area contributed by atoms with E-state index in [-0.39, 0.29) is 18.6 Å². The lowest BCUT2D eigenvalue weighted by Crippen LogP contribution is -2.44. The third-order valence-electron chi connectivity index (χ3n) is 3.41. The second-order valence-corrected chi connectivity index (χ2v) is 5.13. The van der Waals surface area contributed by atoms with Crippen LogP contribution in [-0.4, -0.2) is 25.2 Å². The van der Waals surface area contributed by atoms with E-state index >= 15 is 0 Å². The Hall–Kier alpha value is -2.56. The van der Waals surface area contributed by atoms with Crippen molar-refractivity contribution in [2.45, 2.75) is 12.5 Å². The monoisotopic (exact) mass is 301 g/mol. The van der Waals surface area contributed by atoms with E-state index in [0.29, 0.717) is 12.4 Å². The molecule has 0 radical (unpaired) electrons. The first-order valence-corrected chi connectivity index (χ1v) is 7.09. The summed E-state index contributed by atoms with van der Waals surface area (Å²) in [4.78, 5) is 11.9. The first-order chi connectivity index (χ1) is 10.7. The van der Waals surface area contributed by atoms with E-state index in [1.54, 1.807) is 6.07 Å². The van der Waals surface area contributed by atoms with Crippen molar-refractivity contribution < 1.29 is 18.7 Å². The molecule has 0 bridgehead atoms. The number of nitrogens with one attached hydrogen (secondary N) is 1. The van der Waals surface area contributed by atoms with Gasteiger partial charge in [-0.3, -0.25) is 4.79 Å². The van der Waals surface area contributed by atoms with Gasteiger partial charge < -0.3 is 14.8 Å². The third kappa shape index (κ3) is 3.55. The van der Waals surface area contributed by atoms with Crippen molar-refractivity contribution in [2.24, 2.45) is 0 Å². The molecule has 1 aliphatic rings. The molecule has 0 saturated heterocycles. The molecule has 0 spiro atoms. The van der Waals surface area contributed by atoms with E-state index in [1.807, 2.05) is 24.3 Å². The lowest BCUT2D eigenvalue weighted by Gasteiger charge is -2.26. The highest BCUT2D eigenvalue weighted by molar-refractivity contribution is 5.78. The molecule has 0 fully saturated rings. The van der Waals surface area contributed by atoms with Crippen LogP contribution >= 0.6 is 0 Å². The molecule has 0 aromatic heterocycles. The van der Waals surface area contributed by atoms with E-state index in [1.165, 1.54) is 18.2 Å². The molecule has 0 saturated carbocycles. The van der Waals surface area contributed by atoms with Crippen molar-refractivity contribution in [3.05, 3.63) is 59.9 Å². The van der Waals surface area contributed by atoms with E-state index in [2.05, 4.69) is 5.32 Å². The normalized spacial score (nSPS) is 16.3. The van der Waals surface area contributed by atoms with Gasteiger partial charge >= 0.3 is 0 Å². The van der Waals surface area contributed by atoms with Crippen molar-refractivity contribution in [3.8, 4) is 11.5 Å². The third-order valence-corrected chi connectivity index (χ3v) is 3.41. The molecular formula is C17H16FNO3.